The molecule has 0 aromatic heterocycles. The first-order chi connectivity index (χ1) is 9.49. The van der Waals surface area contributed by atoms with E-state index in [2.05, 4.69) is 0 Å². The lowest BCUT2D eigenvalue weighted by molar-refractivity contribution is -0.136. The van der Waals surface area contributed by atoms with Gasteiger partial charge in [0.25, 0.3) is 0 Å². The zero-order valence-electron chi connectivity index (χ0n) is 12.3. The van der Waals surface area contributed by atoms with Crippen LogP contribution in [-0.2, 0) is 14.3 Å². The molecule has 0 saturated carbocycles. The third kappa shape index (κ3) is 6.48. The molecule has 1 rings (SSSR count). The average Bonchev–Trinajstić information content (AvgIpc) is 2.59. The van der Waals surface area contributed by atoms with Gasteiger partial charge in [0.2, 0.25) is 0 Å². The van der Waals surface area contributed by atoms with E-state index >= 15 is 0 Å². The number of allylic oxidation sites excluding steroid dienone is 6. The fourth-order valence-corrected chi connectivity index (χ4v) is 1.65. The number of hydrogen-bond acceptors (Lipinski definition) is 3. The molecule has 4 nitrogen and oxygen atoms in total. The molecule has 1 aliphatic rings. The molecule has 0 aromatic carbocycles. The van der Waals surface area contributed by atoms with E-state index in [1.807, 2.05) is 31.2 Å². The smallest absolute Gasteiger partial charge is 0.303 e. The van der Waals surface area contributed by atoms with E-state index in [1.165, 1.54) is 0 Å². The van der Waals surface area contributed by atoms with Gasteiger partial charge in [-0.05, 0) is 18.6 Å². The van der Waals surface area contributed by atoms with Crippen LogP contribution in [0.5, 0.6) is 0 Å². The Morgan fingerprint density at radius 3 is 2.40 bits per heavy atom. The average molecular weight is 301 g/mol. The summed E-state index contributed by atoms with van der Waals surface area (Å²) in [6.45, 7) is 3.58. The number of ether oxygens (including phenoxy) is 2. The molecule has 0 fully saturated rings. The number of aliphatic carboxylic acids is 1. The van der Waals surface area contributed by atoms with Crippen LogP contribution in [0.25, 0.3) is 0 Å². The summed E-state index contributed by atoms with van der Waals surface area (Å²) in [4.78, 5) is 9.37. The quantitative estimate of drug-likeness (QED) is 0.852. The lowest BCUT2D eigenvalue weighted by Gasteiger charge is -2.09. The second-order valence-electron chi connectivity index (χ2n) is 3.84. The van der Waals surface area contributed by atoms with Crippen LogP contribution in [0.1, 0.15) is 26.7 Å². The summed E-state index contributed by atoms with van der Waals surface area (Å²) in [6, 6.07) is 0. The van der Waals surface area contributed by atoms with Gasteiger partial charge in [0, 0.05) is 12.8 Å². The summed E-state index contributed by atoms with van der Waals surface area (Å²) < 4.78 is 10.4. The molecule has 0 bridgehead atoms. The molecule has 0 unspecified atom stereocenters. The van der Waals surface area contributed by atoms with E-state index in [1.54, 1.807) is 21.1 Å². The first-order valence-electron chi connectivity index (χ1n) is 6.22. The van der Waals surface area contributed by atoms with Crippen molar-refractivity contribution in [1.82, 2.24) is 0 Å². The number of carboxylic acids is 1. The Morgan fingerprint density at radius 1 is 1.40 bits per heavy atom. The summed E-state index contributed by atoms with van der Waals surface area (Å²) in [5.41, 5.74) is 1.14. The fraction of sp³-hybridized carbons (Fsp3) is 0.400. The normalized spacial score (nSPS) is 14.8. The number of rotatable bonds is 4. The molecule has 1 aliphatic carbocycles. The Morgan fingerprint density at radius 2 is 2.00 bits per heavy atom. The highest BCUT2D eigenvalue weighted by Crippen LogP contribution is 2.28. The molecular weight excluding hydrogens is 280 g/mol. The molecule has 0 heterocycles. The molecule has 0 radical (unpaired) electrons. The molecule has 112 valence electrons. The third-order valence-electron chi connectivity index (χ3n) is 2.42. The number of carbonyl (C=O) groups is 1. The minimum absolute atomic E-state index is 0.222. The van der Waals surface area contributed by atoms with Crippen LogP contribution in [0.15, 0.2) is 46.4 Å². The van der Waals surface area contributed by atoms with Gasteiger partial charge in [-0.15, -0.1) is 0 Å². The van der Waals surface area contributed by atoms with Crippen molar-refractivity contribution in [3.8, 4) is 0 Å². The topological polar surface area (TPSA) is 55.8 Å². The molecule has 20 heavy (non-hydrogen) atoms. The summed E-state index contributed by atoms with van der Waals surface area (Å²) in [5.74, 6) is 0.615. The van der Waals surface area contributed by atoms with Crippen molar-refractivity contribution < 1.29 is 19.4 Å². The molecule has 0 atom stereocenters. The monoisotopic (exact) mass is 300 g/mol. The maximum Gasteiger partial charge on any atom is 0.303 e. The van der Waals surface area contributed by atoms with Crippen molar-refractivity contribution in [3.05, 3.63) is 46.4 Å². The third-order valence-corrected chi connectivity index (χ3v) is 2.82. The van der Waals surface area contributed by atoms with Gasteiger partial charge >= 0.3 is 5.97 Å². The number of halogens is 1. The molecule has 0 aliphatic heterocycles. The summed E-state index contributed by atoms with van der Waals surface area (Å²) in [7, 11) is 3.21. The van der Waals surface area contributed by atoms with E-state index in [9.17, 15) is 4.79 Å². The number of methoxy groups -OCH3 is 2. The SMILES string of the molecule is C/C=C/C1=CC=C(OC)C(Cl)=C(OC)C1.CCC(=O)O. The highest BCUT2D eigenvalue weighted by atomic mass is 35.5. The molecule has 0 aromatic rings. The van der Waals surface area contributed by atoms with Gasteiger partial charge in [-0.2, -0.15) is 0 Å². The van der Waals surface area contributed by atoms with Crippen molar-refractivity contribution in [2.24, 2.45) is 0 Å². The summed E-state index contributed by atoms with van der Waals surface area (Å²) in [5, 5.41) is 8.26. The van der Waals surface area contributed by atoms with Crippen molar-refractivity contribution in [2.75, 3.05) is 14.2 Å². The van der Waals surface area contributed by atoms with E-state index in [-0.39, 0.29) is 6.42 Å². The molecule has 0 amide bonds. The van der Waals surface area contributed by atoms with Crippen molar-refractivity contribution >= 4 is 17.6 Å². The van der Waals surface area contributed by atoms with E-state index in [0.29, 0.717) is 17.2 Å². The van der Waals surface area contributed by atoms with Gasteiger partial charge in [0.05, 0.1) is 14.2 Å². The van der Waals surface area contributed by atoms with E-state index < -0.39 is 5.97 Å². The lowest BCUT2D eigenvalue weighted by atomic mass is 10.1. The standard InChI is InChI=1S/C12H15ClO2.C3H6O2/c1-4-5-9-6-7-10(14-2)12(13)11(8-9)15-3;1-2-3(4)5/h4-7H,8H2,1-3H3;2H2,1H3,(H,4,5)/b5-4+;. The van der Waals surface area contributed by atoms with Gasteiger partial charge in [-0.3, -0.25) is 4.79 Å². The van der Waals surface area contributed by atoms with Crippen LogP contribution < -0.4 is 0 Å². The van der Waals surface area contributed by atoms with Gasteiger partial charge in [0.1, 0.15) is 16.6 Å². The fourth-order valence-electron chi connectivity index (χ4n) is 1.36. The van der Waals surface area contributed by atoms with E-state index in [0.717, 1.165) is 11.3 Å². The van der Waals surface area contributed by atoms with Gasteiger partial charge in [0.15, 0.2) is 0 Å². The van der Waals surface area contributed by atoms with Crippen molar-refractivity contribution in [1.29, 1.82) is 0 Å². The Hall–Kier alpha value is -1.68. The van der Waals surface area contributed by atoms with Crippen LogP contribution in [0.4, 0.5) is 0 Å². The van der Waals surface area contributed by atoms with Gasteiger partial charge in [-0.25, -0.2) is 0 Å². The molecule has 0 spiro atoms. The maximum absolute atomic E-state index is 9.37. The van der Waals surface area contributed by atoms with Crippen LogP contribution in [0.3, 0.4) is 0 Å². The van der Waals surface area contributed by atoms with Crippen molar-refractivity contribution in [3.63, 3.8) is 0 Å². The predicted octanol–water partition coefficient (Wildman–Crippen LogP) is 4.00. The van der Waals surface area contributed by atoms with Crippen molar-refractivity contribution in [2.45, 2.75) is 26.7 Å². The zero-order chi connectivity index (χ0) is 15.5. The zero-order valence-corrected chi connectivity index (χ0v) is 13.0. The second kappa shape index (κ2) is 10.1. The Balaban J connectivity index is 0.000000621. The van der Waals surface area contributed by atoms with Gasteiger partial charge in [-0.1, -0.05) is 36.8 Å². The predicted molar refractivity (Wildman–Crippen MR) is 80.4 cm³/mol. The Kier molecular flexibility index (Phi) is 9.30. The number of hydrogen-bond donors (Lipinski definition) is 1. The van der Waals surface area contributed by atoms with Crippen LogP contribution in [0.2, 0.25) is 0 Å². The highest BCUT2D eigenvalue weighted by Gasteiger charge is 2.14. The lowest BCUT2D eigenvalue weighted by Crippen LogP contribution is -1.94. The highest BCUT2D eigenvalue weighted by molar-refractivity contribution is 6.32. The first kappa shape index (κ1) is 18.3. The second-order valence-corrected chi connectivity index (χ2v) is 4.22. The number of carboxylic acid groups (broad SMARTS) is 1. The molecule has 5 heteroatoms. The Bertz CT molecular complexity index is 437. The minimum Gasteiger partial charge on any atom is -0.499 e. The molecule has 1 N–H and O–H groups in total. The molecule has 0 saturated heterocycles. The van der Waals surface area contributed by atoms with E-state index in [4.69, 9.17) is 26.2 Å². The molecular formula is C15H21ClO4. The maximum atomic E-state index is 9.37. The largest absolute Gasteiger partial charge is 0.499 e. The van der Waals surface area contributed by atoms with Crippen LogP contribution in [-0.4, -0.2) is 25.3 Å². The van der Waals surface area contributed by atoms with Crippen LogP contribution >= 0.6 is 11.6 Å². The minimum atomic E-state index is -0.745. The summed E-state index contributed by atoms with van der Waals surface area (Å²) in [6.07, 6.45) is 8.75. The van der Waals surface area contributed by atoms with Crippen LogP contribution in [0, 0.1) is 0 Å². The summed E-state index contributed by atoms with van der Waals surface area (Å²) >= 11 is 6.12. The van der Waals surface area contributed by atoms with Gasteiger partial charge < -0.3 is 14.6 Å². The Labute approximate surface area is 125 Å². The first-order valence-corrected chi connectivity index (χ1v) is 6.60.